The van der Waals surface area contributed by atoms with E-state index in [2.05, 4.69) is 4.74 Å². The number of carbonyl (C=O) groups is 2. The van der Waals surface area contributed by atoms with Gasteiger partial charge in [0, 0.05) is 12.5 Å². The van der Waals surface area contributed by atoms with Gasteiger partial charge in [-0.1, -0.05) is 57.4 Å². The number of hydrogen-bond donors (Lipinski definition) is 1. The van der Waals surface area contributed by atoms with Gasteiger partial charge in [-0.3, -0.25) is 4.79 Å². The smallest absolute Gasteiger partial charge is 0.330 e. The lowest BCUT2D eigenvalue weighted by atomic mass is 10.1. The molecule has 0 aromatic rings. The summed E-state index contributed by atoms with van der Waals surface area (Å²) < 4.78 is 4.51. The van der Waals surface area contributed by atoms with Crippen molar-refractivity contribution in [2.45, 2.75) is 77.0 Å². The van der Waals surface area contributed by atoms with Crippen LogP contribution in [0.5, 0.6) is 0 Å². The van der Waals surface area contributed by atoms with Gasteiger partial charge < -0.3 is 9.84 Å². The summed E-state index contributed by atoms with van der Waals surface area (Å²) in [5, 5.41) is 8.50. The van der Waals surface area contributed by atoms with Crippen LogP contribution < -0.4 is 0 Å². The molecule has 0 aromatic carbocycles. The Labute approximate surface area is 128 Å². The molecule has 122 valence electrons. The number of aliphatic carboxylic acids is 1. The fraction of sp³-hybridized carbons (Fsp3) is 0.765. The normalized spacial score (nSPS) is 10.9. The first-order valence-corrected chi connectivity index (χ1v) is 8.13. The van der Waals surface area contributed by atoms with E-state index < -0.39 is 5.97 Å². The number of hydrogen-bond acceptors (Lipinski definition) is 3. The first-order chi connectivity index (χ1) is 10.2. The number of carbonyl (C=O) groups excluding carboxylic acids is 1. The maximum atomic E-state index is 10.8. The lowest BCUT2D eigenvalue weighted by Gasteiger charge is -2.01. The van der Waals surface area contributed by atoms with E-state index in [0.29, 0.717) is 6.42 Å². The molecule has 4 heteroatoms. The third-order valence-corrected chi connectivity index (χ3v) is 3.47. The van der Waals surface area contributed by atoms with E-state index in [1.54, 1.807) is 0 Å². The van der Waals surface area contributed by atoms with Crippen LogP contribution in [0.15, 0.2) is 12.2 Å². The third kappa shape index (κ3) is 16.6. The van der Waals surface area contributed by atoms with Crippen molar-refractivity contribution in [3.05, 3.63) is 12.2 Å². The molecule has 0 heterocycles. The zero-order valence-electron chi connectivity index (χ0n) is 13.3. The summed E-state index contributed by atoms with van der Waals surface area (Å²) in [6.07, 6.45) is 16.3. The Morgan fingerprint density at radius 1 is 0.857 bits per heavy atom. The number of unbranched alkanes of at least 4 members (excludes halogenated alkanes) is 10. The zero-order valence-corrected chi connectivity index (χ0v) is 13.3. The SMILES string of the molecule is COC(=O)C=CCCCCCCCCCCCCC(=O)O. The summed E-state index contributed by atoms with van der Waals surface area (Å²) >= 11 is 0. The van der Waals surface area contributed by atoms with Crippen LogP contribution in [-0.2, 0) is 14.3 Å². The van der Waals surface area contributed by atoms with E-state index in [0.717, 1.165) is 32.1 Å². The molecule has 0 unspecified atom stereocenters. The van der Waals surface area contributed by atoms with Crippen LogP contribution in [0.2, 0.25) is 0 Å². The summed E-state index contributed by atoms with van der Waals surface area (Å²) in [5.74, 6) is -0.963. The Balaban J connectivity index is 3.11. The van der Waals surface area contributed by atoms with Gasteiger partial charge in [0.2, 0.25) is 0 Å². The van der Waals surface area contributed by atoms with Crippen LogP contribution in [0.1, 0.15) is 77.0 Å². The molecule has 0 aromatic heterocycles. The molecule has 0 aliphatic heterocycles. The van der Waals surface area contributed by atoms with E-state index in [1.165, 1.54) is 51.7 Å². The molecular formula is C17H30O4. The minimum atomic E-state index is -0.684. The molecular weight excluding hydrogens is 268 g/mol. The Hall–Kier alpha value is -1.32. The van der Waals surface area contributed by atoms with Crippen molar-refractivity contribution in [3.8, 4) is 0 Å². The predicted octanol–water partition coefficient (Wildman–Crippen LogP) is 4.48. The maximum absolute atomic E-state index is 10.8. The number of methoxy groups -OCH3 is 1. The topological polar surface area (TPSA) is 63.6 Å². The molecule has 0 amide bonds. The number of allylic oxidation sites excluding steroid dienone is 1. The molecule has 0 saturated heterocycles. The highest BCUT2D eigenvalue weighted by molar-refractivity contribution is 5.81. The van der Waals surface area contributed by atoms with Gasteiger partial charge in [0.1, 0.15) is 0 Å². The van der Waals surface area contributed by atoms with Crippen molar-refractivity contribution in [2.75, 3.05) is 7.11 Å². The molecule has 0 radical (unpaired) electrons. The van der Waals surface area contributed by atoms with Crippen LogP contribution >= 0.6 is 0 Å². The van der Waals surface area contributed by atoms with Gasteiger partial charge >= 0.3 is 11.9 Å². The van der Waals surface area contributed by atoms with Crippen LogP contribution in [0.4, 0.5) is 0 Å². The van der Waals surface area contributed by atoms with Gasteiger partial charge in [0.25, 0.3) is 0 Å². The van der Waals surface area contributed by atoms with Crippen molar-refractivity contribution in [2.24, 2.45) is 0 Å². The van der Waals surface area contributed by atoms with Gasteiger partial charge in [-0.2, -0.15) is 0 Å². The van der Waals surface area contributed by atoms with E-state index in [9.17, 15) is 9.59 Å². The Kier molecular flexibility index (Phi) is 14.1. The van der Waals surface area contributed by atoms with Crippen molar-refractivity contribution >= 4 is 11.9 Å². The van der Waals surface area contributed by atoms with Crippen molar-refractivity contribution < 1.29 is 19.4 Å². The molecule has 21 heavy (non-hydrogen) atoms. The highest BCUT2D eigenvalue weighted by Crippen LogP contribution is 2.12. The summed E-state index contributed by atoms with van der Waals surface area (Å²) in [4.78, 5) is 21.1. The predicted molar refractivity (Wildman–Crippen MR) is 84.2 cm³/mol. The quantitative estimate of drug-likeness (QED) is 0.292. The van der Waals surface area contributed by atoms with Gasteiger partial charge in [-0.15, -0.1) is 0 Å². The van der Waals surface area contributed by atoms with Crippen LogP contribution in [0, 0.1) is 0 Å². The molecule has 0 aliphatic rings. The van der Waals surface area contributed by atoms with Gasteiger partial charge in [-0.05, 0) is 19.3 Å². The van der Waals surface area contributed by atoms with Crippen molar-refractivity contribution in [3.63, 3.8) is 0 Å². The van der Waals surface area contributed by atoms with Gasteiger partial charge in [-0.25, -0.2) is 4.79 Å². The molecule has 0 spiro atoms. The number of ether oxygens (including phenoxy) is 1. The molecule has 1 N–H and O–H groups in total. The highest BCUT2D eigenvalue weighted by atomic mass is 16.5. The maximum Gasteiger partial charge on any atom is 0.330 e. The fourth-order valence-electron chi connectivity index (χ4n) is 2.20. The van der Waals surface area contributed by atoms with Gasteiger partial charge in [0.15, 0.2) is 0 Å². The molecule has 0 bridgehead atoms. The molecule has 0 saturated carbocycles. The molecule has 0 aliphatic carbocycles. The van der Waals surface area contributed by atoms with Crippen LogP contribution in [0.25, 0.3) is 0 Å². The number of rotatable bonds is 14. The monoisotopic (exact) mass is 298 g/mol. The lowest BCUT2D eigenvalue weighted by Crippen LogP contribution is -1.93. The number of carboxylic acids is 1. The van der Waals surface area contributed by atoms with E-state index in [1.807, 2.05) is 6.08 Å². The van der Waals surface area contributed by atoms with Crippen LogP contribution in [0.3, 0.4) is 0 Å². The Bertz CT molecular complexity index is 297. The summed E-state index contributed by atoms with van der Waals surface area (Å²) in [7, 11) is 1.39. The first kappa shape index (κ1) is 19.7. The average Bonchev–Trinajstić information content (AvgIpc) is 2.46. The second kappa shape index (κ2) is 15.1. The average molecular weight is 298 g/mol. The largest absolute Gasteiger partial charge is 0.481 e. The van der Waals surface area contributed by atoms with Crippen LogP contribution in [-0.4, -0.2) is 24.2 Å². The number of esters is 1. The van der Waals surface area contributed by atoms with E-state index >= 15 is 0 Å². The van der Waals surface area contributed by atoms with E-state index in [4.69, 9.17) is 5.11 Å². The van der Waals surface area contributed by atoms with Gasteiger partial charge in [0.05, 0.1) is 7.11 Å². The number of carboxylic acid groups (broad SMARTS) is 1. The lowest BCUT2D eigenvalue weighted by molar-refractivity contribution is -0.137. The standard InChI is InChI=1S/C17H30O4/c1-21-17(20)15-13-11-9-7-5-3-2-4-6-8-10-12-14-16(18)19/h13,15H,2-12,14H2,1H3,(H,18,19). The first-order valence-electron chi connectivity index (χ1n) is 8.13. The minimum Gasteiger partial charge on any atom is -0.481 e. The van der Waals surface area contributed by atoms with Crippen molar-refractivity contribution in [1.29, 1.82) is 0 Å². The molecule has 0 atom stereocenters. The summed E-state index contributed by atoms with van der Waals surface area (Å²) in [6.45, 7) is 0. The Morgan fingerprint density at radius 2 is 1.33 bits per heavy atom. The fourth-order valence-corrected chi connectivity index (χ4v) is 2.20. The third-order valence-electron chi connectivity index (χ3n) is 3.47. The summed E-state index contributed by atoms with van der Waals surface area (Å²) in [6, 6.07) is 0. The molecule has 4 nitrogen and oxygen atoms in total. The molecule has 0 fully saturated rings. The second-order valence-electron chi connectivity index (χ2n) is 5.39. The zero-order chi connectivity index (χ0) is 15.8. The van der Waals surface area contributed by atoms with E-state index in [-0.39, 0.29) is 5.97 Å². The molecule has 0 rings (SSSR count). The van der Waals surface area contributed by atoms with Crippen molar-refractivity contribution in [1.82, 2.24) is 0 Å². The second-order valence-corrected chi connectivity index (χ2v) is 5.39. The summed E-state index contributed by atoms with van der Waals surface area (Å²) in [5.41, 5.74) is 0. The minimum absolute atomic E-state index is 0.279. The highest BCUT2D eigenvalue weighted by Gasteiger charge is 1.96. The Morgan fingerprint density at radius 3 is 1.81 bits per heavy atom.